The molecule has 1 aromatic heterocycles. The van der Waals surface area contributed by atoms with Crippen LogP contribution in [0, 0.1) is 6.92 Å². The molecule has 3 N–H and O–H groups in total. The van der Waals surface area contributed by atoms with Gasteiger partial charge >= 0.3 is 6.09 Å². The molecule has 1 atom stereocenters. The zero-order chi connectivity index (χ0) is 25.2. The van der Waals surface area contributed by atoms with Crippen molar-refractivity contribution in [2.24, 2.45) is 5.73 Å². The van der Waals surface area contributed by atoms with E-state index in [1.54, 1.807) is 6.20 Å². The molecular formula is C29H25BrN2O3S. The van der Waals surface area contributed by atoms with E-state index in [2.05, 4.69) is 57.3 Å². The lowest BCUT2D eigenvalue weighted by atomic mass is 9.87. The predicted molar refractivity (Wildman–Crippen MR) is 145 cm³/mol. The van der Waals surface area contributed by atoms with Crippen molar-refractivity contribution in [1.29, 1.82) is 0 Å². The van der Waals surface area contributed by atoms with E-state index >= 15 is 0 Å². The van der Waals surface area contributed by atoms with Crippen molar-refractivity contribution in [3.63, 3.8) is 0 Å². The van der Waals surface area contributed by atoms with Crippen LogP contribution in [0.2, 0.25) is 0 Å². The Hall–Kier alpha value is -3.13. The number of carbonyl (C=O) groups is 1. The summed E-state index contributed by atoms with van der Waals surface area (Å²) in [4.78, 5) is 17.6. The third kappa shape index (κ3) is 4.78. The van der Waals surface area contributed by atoms with Crippen molar-refractivity contribution >= 4 is 33.8 Å². The second kappa shape index (κ2) is 10.5. The molecule has 0 radical (unpaired) electrons. The third-order valence-corrected chi connectivity index (χ3v) is 8.28. The van der Waals surface area contributed by atoms with Crippen LogP contribution in [-0.2, 0) is 17.8 Å². The molecule has 1 amide bonds. The van der Waals surface area contributed by atoms with Crippen LogP contribution >= 0.6 is 27.7 Å². The van der Waals surface area contributed by atoms with Crippen molar-refractivity contribution in [3.8, 4) is 11.1 Å². The molecule has 0 spiro atoms. The minimum absolute atomic E-state index is 0.0931. The first kappa shape index (κ1) is 24.6. The number of ether oxygens (including phenoxy) is 1. The van der Waals surface area contributed by atoms with E-state index in [-0.39, 0.29) is 12.5 Å². The highest BCUT2D eigenvalue weighted by molar-refractivity contribution is 9.10. The Morgan fingerprint density at radius 1 is 1.06 bits per heavy atom. The quantitative estimate of drug-likeness (QED) is 0.265. The average Bonchev–Trinajstić information content (AvgIpc) is 3.20. The van der Waals surface area contributed by atoms with Gasteiger partial charge in [-0.2, -0.15) is 0 Å². The van der Waals surface area contributed by atoms with Gasteiger partial charge in [0.1, 0.15) is 11.1 Å². The van der Waals surface area contributed by atoms with Gasteiger partial charge < -0.3 is 15.6 Å². The Balaban J connectivity index is 1.59. The fourth-order valence-electron chi connectivity index (χ4n) is 5.02. The Labute approximate surface area is 222 Å². The minimum Gasteiger partial charge on any atom is -0.445 e. The Morgan fingerprint density at radius 3 is 2.36 bits per heavy atom. The normalized spacial score (nSPS) is 13.2. The standard InChI is InChI=1S/C29H25BrN2O3S/c1-17-13-20(30)14-19(27(17)36-28-18(16-33)7-6-12-32-28)15-25(35-29(31)34)26-23-10-4-2-8-21(23)22-9-3-5-11-24(22)26/h2-14,25-26,33H,15-16H2,1H3,(H2,31,34). The second-order valence-corrected chi connectivity index (χ2v) is 10.7. The smallest absolute Gasteiger partial charge is 0.404 e. The molecule has 5 nitrogen and oxygen atoms in total. The number of aliphatic hydroxyl groups excluding tert-OH is 1. The lowest BCUT2D eigenvalue weighted by molar-refractivity contribution is 0.0970. The zero-order valence-electron chi connectivity index (χ0n) is 19.6. The maximum absolute atomic E-state index is 12.1. The minimum atomic E-state index is -0.796. The molecule has 1 unspecified atom stereocenters. The number of hydrogen-bond acceptors (Lipinski definition) is 5. The highest BCUT2D eigenvalue weighted by Crippen LogP contribution is 2.48. The van der Waals surface area contributed by atoms with Crippen LogP contribution in [0.3, 0.4) is 0 Å². The van der Waals surface area contributed by atoms with Gasteiger partial charge in [-0.15, -0.1) is 0 Å². The van der Waals surface area contributed by atoms with Crippen LogP contribution in [0.4, 0.5) is 4.79 Å². The highest BCUT2D eigenvalue weighted by Gasteiger charge is 2.36. The Morgan fingerprint density at radius 2 is 1.72 bits per heavy atom. The van der Waals surface area contributed by atoms with Crippen LogP contribution in [-0.4, -0.2) is 22.3 Å². The summed E-state index contributed by atoms with van der Waals surface area (Å²) in [7, 11) is 0. The first-order valence-electron chi connectivity index (χ1n) is 11.6. The molecule has 5 rings (SSSR count). The third-order valence-electron chi connectivity index (χ3n) is 6.48. The summed E-state index contributed by atoms with van der Waals surface area (Å²) in [6, 6.07) is 24.3. The van der Waals surface area contributed by atoms with E-state index < -0.39 is 12.2 Å². The molecular weight excluding hydrogens is 536 g/mol. The molecule has 0 saturated heterocycles. The number of aryl methyl sites for hydroxylation is 1. The molecule has 36 heavy (non-hydrogen) atoms. The first-order chi connectivity index (χ1) is 17.5. The molecule has 3 aromatic carbocycles. The molecule has 4 aromatic rings. The second-order valence-electron chi connectivity index (χ2n) is 8.77. The van der Waals surface area contributed by atoms with Crippen molar-refractivity contribution in [2.75, 3.05) is 0 Å². The highest BCUT2D eigenvalue weighted by atomic mass is 79.9. The number of nitrogens with zero attached hydrogens (tertiary/aromatic N) is 1. The van der Waals surface area contributed by atoms with E-state index in [4.69, 9.17) is 10.5 Å². The number of primary amides is 1. The fraction of sp³-hybridized carbons (Fsp3) is 0.172. The summed E-state index contributed by atoms with van der Waals surface area (Å²) in [5, 5.41) is 10.6. The van der Waals surface area contributed by atoms with Crippen molar-refractivity contribution in [3.05, 3.63) is 111 Å². The summed E-state index contributed by atoms with van der Waals surface area (Å²) >= 11 is 5.15. The fourth-order valence-corrected chi connectivity index (χ4v) is 6.70. The summed E-state index contributed by atoms with van der Waals surface area (Å²) in [5.41, 5.74) is 13.0. The van der Waals surface area contributed by atoms with E-state index in [9.17, 15) is 9.90 Å². The van der Waals surface area contributed by atoms with Gasteiger partial charge in [-0.1, -0.05) is 82.3 Å². The van der Waals surface area contributed by atoms with Crippen LogP contribution in [0.5, 0.6) is 0 Å². The molecule has 0 aliphatic heterocycles. The van der Waals surface area contributed by atoms with Gasteiger partial charge in [0.05, 0.1) is 6.61 Å². The van der Waals surface area contributed by atoms with Crippen molar-refractivity contribution < 1.29 is 14.6 Å². The summed E-state index contributed by atoms with van der Waals surface area (Å²) in [6.45, 7) is 1.95. The van der Waals surface area contributed by atoms with Crippen LogP contribution < -0.4 is 5.73 Å². The summed E-state index contributed by atoms with van der Waals surface area (Å²) in [5.74, 6) is -0.148. The van der Waals surface area contributed by atoms with Gasteiger partial charge in [-0.25, -0.2) is 9.78 Å². The van der Waals surface area contributed by atoms with Gasteiger partial charge in [-0.05, 0) is 58.5 Å². The van der Waals surface area contributed by atoms with Gasteiger partial charge in [0.15, 0.2) is 0 Å². The number of halogens is 1. The average molecular weight is 562 g/mol. The number of pyridine rings is 1. The number of carbonyl (C=O) groups excluding carboxylic acids is 1. The van der Waals surface area contributed by atoms with Gasteiger partial charge in [-0.3, -0.25) is 0 Å². The van der Waals surface area contributed by atoms with E-state index in [0.29, 0.717) is 6.42 Å². The van der Waals surface area contributed by atoms with Crippen molar-refractivity contribution in [2.45, 2.75) is 41.9 Å². The molecule has 182 valence electrons. The number of fused-ring (bicyclic) bond motifs is 3. The molecule has 0 bridgehead atoms. The number of benzene rings is 3. The van der Waals surface area contributed by atoms with Crippen LogP contribution in [0.15, 0.2) is 93.4 Å². The SMILES string of the molecule is Cc1cc(Br)cc(CC(OC(N)=O)C2c3ccccc3-c3ccccc32)c1Sc1ncccc1CO. The zero-order valence-corrected chi connectivity index (χ0v) is 22.1. The van der Waals surface area contributed by atoms with Crippen LogP contribution in [0.1, 0.15) is 33.7 Å². The summed E-state index contributed by atoms with van der Waals surface area (Å²) in [6.07, 6.45) is 0.873. The molecule has 1 aliphatic carbocycles. The molecule has 0 fully saturated rings. The van der Waals surface area contributed by atoms with Crippen molar-refractivity contribution in [1.82, 2.24) is 4.98 Å². The first-order valence-corrected chi connectivity index (χ1v) is 13.2. The molecule has 0 saturated carbocycles. The Bertz CT molecular complexity index is 1400. The maximum Gasteiger partial charge on any atom is 0.404 e. The number of aliphatic hydroxyl groups is 1. The Kier molecular flexibility index (Phi) is 7.14. The summed E-state index contributed by atoms with van der Waals surface area (Å²) < 4.78 is 6.78. The van der Waals surface area contributed by atoms with E-state index in [1.165, 1.54) is 11.8 Å². The number of aromatic nitrogens is 1. The maximum atomic E-state index is 12.1. The topological polar surface area (TPSA) is 85.4 Å². The number of nitrogens with two attached hydrogens (primary N) is 1. The molecule has 7 heteroatoms. The largest absolute Gasteiger partial charge is 0.445 e. The van der Waals surface area contributed by atoms with Gasteiger partial charge in [0.25, 0.3) is 0 Å². The molecule has 1 heterocycles. The predicted octanol–water partition coefficient (Wildman–Crippen LogP) is 6.61. The lowest BCUT2D eigenvalue weighted by Gasteiger charge is -2.26. The van der Waals surface area contributed by atoms with Gasteiger partial charge in [0, 0.05) is 33.5 Å². The van der Waals surface area contributed by atoms with E-state index in [0.717, 1.165) is 53.3 Å². The number of hydrogen-bond donors (Lipinski definition) is 2. The van der Waals surface area contributed by atoms with E-state index in [1.807, 2.05) is 43.3 Å². The number of amides is 1. The number of rotatable bonds is 7. The monoisotopic (exact) mass is 560 g/mol. The van der Waals surface area contributed by atoms with Crippen LogP contribution in [0.25, 0.3) is 11.1 Å². The molecule has 1 aliphatic rings. The van der Waals surface area contributed by atoms with Gasteiger partial charge in [0.2, 0.25) is 0 Å². The lowest BCUT2D eigenvalue weighted by Crippen LogP contribution is -2.30.